The molecule has 2 aromatic rings. The predicted octanol–water partition coefficient (Wildman–Crippen LogP) is 4.07. The summed E-state index contributed by atoms with van der Waals surface area (Å²) in [6.45, 7) is 9.70. The molecule has 1 aromatic heterocycles. The van der Waals surface area contributed by atoms with Crippen molar-refractivity contribution >= 4 is 23.7 Å². The average molecular weight is 484 g/mol. The molecular weight excluding hydrogens is 450 g/mol. The van der Waals surface area contributed by atoms with Gasteiger partial charge in [-0.15, -0.1) is 5.10 Å². The first-order valence-electron chi connectivity index (χ1n) is 12.3. The molecule has 188 valence electrons. The third-order valence-corrected chi connectivity index (χ3v) is 6.91. The van der Waals surface area contributed by atoms with E-state index in [0.29, 0.717) is 41.5 Å². The molecule has 2 fully saturated rings. The molecular formula is C25H33N5O5. The smallest absolute Gasteiger partial charge is 0.415 e. The number of ether oxygens (including phenoxy) is 2. The van der Waals surface area contributed by atoms with Gasteiger partial charge in [-0.1, -0.05) is 5.10 Å². The SMILES string of the molecule is C[C@H](Nc1nnc(-c2ccc3c(c2)OCCN3C(=O)OC(C)(C)C)o1)C(=O)N1CCC2(CC1)CC2. The fourth-order valence-corrected chi connectivity index (χ4v) is 4.66. The molecule has 35 heavy (non-hydrogen) atoms. The van der Waals surface area contributed by atoms with Gasteiger partial charge in [0.15, 0.2) is 0 Å². The third-order valence-electron chi connectivity index (χ3n) is 6.91. The fourth-order valence-electron chi connectivity index (χ4n) is 4.66. The Bertz CT molecular complexity index is 1110. The zero-order valence-corrected chi connectivity index (χ0v) is 20.8. The Kier molecular flexibility index (Phi) is 5.85. The highest BCUT2D eigenvalue weighted by Crippen LogP contribution is 2.53. The zero-order chi connectivity index (χ0) is 24.8. The lowest BCUT2D eigenvalue weighted by atomic mass is 9.93. The number of hydrogen-bond donors (Lipinski definition) is 1. The first kappa shape index (κ1) is 23.4. The van der Waals surface area contributed by atoms with Crippen LogP contribution < -0.4 is 15.0 Å². The number of benzene rings is 1. The highest BCUT2D eigenvalue weighted by Gasteiger charge is 2.45. The molecule has 10 heteroatoms. The van der Waals surface area contributed by atoms with Crippen LogP contribution in [0.1, 0.15) is 53.4 Å². The number of carbonyl (C=O) groups is 2. The number of carbonyl (C=O) groups excluding carboxylic acids is 2. The van der Waals surface area contributed by atoms with Gasteiger partial charge in [0.1, 0.15) is 24.0 Å². The number of hydrogen-bond acceptors (Lipinski definition) is 8. The van der Waals surface area contributed by atoms with Gasteiger partial charge in [0.2, 0.25) is 11.8 Å². The number of rotatable bonds is 4. The molecule has 5 rings (SSSR count). The van der Waals surface area contributed by atoms with E-state index in [-0.39, 0.29) is 11.9 Å². The minimum absolute atomic E-state index is 0.0460. The Morgan fingerprint density at radius 1 is 1.11 bits per heavy atom. The van der Waals surface area contributed by atoms with Crippen molar-refractivity contribution in [2.45, 2.75) is 65.0 Å². The van der Waals surface area contributed by atoms with E-state index in [4.69, 9.17) is 13.9 Å². The third kappa shape index (κ3) is 5.06. The van der Waals surface area contributed by atoms with E-state index in [1.54, 1.807) is 23.1 Å². The van der Waals surface area contributed by atoms with E-state index in [1.807, 2.05) is 32.6 Å². The monoisotopic (exact) mass is 483 g/mol. The molecule has 1 aliphatic carbocycles. The largest absolute Gasteiger partial charge is 0.490 e. The average Bonchev–Trinajstić information content (AvgIpc) is 3.40. The van der Waals surface area contributed by atoms with Gasteiger partial charge in [0.05, 0.1) is 12.2 Å². The van der Waals surface area contributed by atoms with Gasteiger partial charge in [-0.05, 0) is 77.0 Å². The van der Waals surface area contributed by atoms with Crippen LogP contribution in [-0.4, -0.2) is 65.0 Å². The summed E-state index contributed by atoms with van der Waals surface area (Å²) in [5, 5.41) is 11.2. The van der Waals surface area contributed by atoms with Gasteiger partial charge < -0.3 is 24.1 Å². The van der Waals surface area contributed by atoms with Crippen molar-refractivity contribution in [2.24, 2.45) is 5.41 Å². The van der Waals surface area contributed by atoms with Crippen LogP contribution in [-0.2, 0) is 9.53 Å². The summed E-state index contributed by atoms with van der Waals surface area (Å²) in [4.78, 5) is 29.0. The molecule has 1 saturated heterocycles. The molecule has 0 bridgehead atoms. The second-order valence-corrected chi connectivity index (χ2v) is 10.8. The molecule has 2 aliphatic heterocycles. The van der Waals surface area contributed by atoms with Gasteiger partial charge in [-0.25, -0.2) is 4.79 Å². The minimum atomic E-state index is -0.589. The predicted molar refractivity (Wildman–Crippen MR) is 129 cm³/mol. The Balaban J connectivity index is 1.24. The summed E-state index contributed by atoms with van der Waals surface area (Å²) < 4.78 is 17.1. The lowest BCUT2D eigenvalue weighted by Crippen LogP contribution is -2.45. The van der Waals surface area contributed by atoms with Crippen LogP contribution in [0.2, 0.25) is 0 Å². The maximum absolute atomic E-state index is 12.9. The number of likely N-dealkylation sites (tertiary alicyclic amines) is 1. The van der Waals surface area contributed by atoms with Crippen molar-refractivity contribution in [3.63, 3.8) is 0 Å². The molecule has 1 N–H and O–H groups in total. The van der Waals surface area contributed by atoms with E-state index in [0.717, 1.165) is 25.9 Å². The number of fused-ring (bicyclic) bond motifs is 1. The van der Waals surface area contributed by atoms with Gasteiger partial charge in [-0.2, -0.15) is 0 Å². The standard InChI is InChI=1S/C25H33N5O5/c1-16(21(31)29-11-9-25(7-8-25)10-12-29)26-22-28-27-20(34-22)17-5-6-18-19(15-17)33-14-13-30(18)23(32)35-24(2,3)4/h5-6,15-16H,7-14H2,1-4H3,(H,26,28)/t16-/m0/s1. The Labute approximate surface area is 204 Å². The molecule has 3 aliphatic rings. The summed E-state index contributed by atoms with van der Waals surface area (Å²) >= 11 is 0. The highest BCUT2D eigenvalue weighted by atomic mass is 16.6. The molecule has 1 aromatic carbocycles. The number of nitrogens with one attached hydrogen (secondary N) is 1. The number of piperidine rings is 1. The summed E-state index contributed by atoms with van der Waals surface area (Å²) in [6, 6.07) is 5.05. The second-order valence-electron chi connectivity index (χ2n) is 10.8. The van der Waals surface area contributed by atoms with E-state index in [2.05, 4.69) is 15.5 Å². The molecule has 0 unspecified atom stereocenters. The summed E-state index contributed by atoms with van der Waals surface area (Å²) in [5.41, 5.74) is 1.22. The lowest BCUT2D eigenvalue weighted by molar-refractivity contribution is -0.133. The number of anilines is 2. The Hall–Kier alpha value is -3.30. The van der Waals surface area contributed by atoms with E-state index in [9.17, 15) is 9.59 Å². The first-order valence-corrected chi connectivity index (χ1v) is 12.3. The fraction of sp³-hybridized carbons (Fsp3) is 0.600. The van der Waals surface area contributed by atoms with Crippen molar-refractivity contribution in [2.75, 3.05) is 36.5 Å². The quantitative estimate of drug-likeness (QED) is 0.693. The topological polar surface area (TPSA) is 110 Å². The van der Waals surface area contributed by atoms with Crippen LogP contribution in [0.4, 0.5) is 16.5 Å². The Morgan fingerprint density at radius 2 is 1.86 bits per heavy atom. The molecule has 1 atom stereocenters. The summed E-state index contributed by atoms with van der Waals surface area (Å²) in [5.74, 6) is 0.876. The van der Waals surface area contributed by atoms with Crippen LogP contribution in [0.5, 0.6) is 5.75 Å². The molecule has 1 saturated carbocycles. The van der Waals surface area contributed by atoms with Crippen LogP contribution >= 0.6 is 0 Å². The highest BCUT2D eigenvalue weighted by molar-refractivity contribution is 5.91. The zero-order valence-electron chi connectivity index (χ0n) is 20.8. The van der Waals surface area contributed by atoms with Crippen molar-refractivity contribution in [1.82, 2.24) is 15.1 Å². The minimum Gasteiger partial charge on any atom is -0.490 e. The maximum atomic E-state index is 12.9. The number of amides is 2. The van der Waals surface area contributed by atoms with Crippen LogP contribution in [0.25, 0.3) is 11.5 Å². The molecule has 0 radical (unpaired) electrons. The maximum Gasteiger partial charge on any atom is 0.415 e. The van der Waals surface area contributed by atoms with Crippen LogP contribution in [0, 0.1) is 5.41 Å². The number of aromatic nitrogens is 2. The molecule has 2 amide bonds. The second kappa shape index (κ2) is 8.73. The Morgan fingerprint density at radius 3 is 2.54 bits per heavy atom. The summed E-state index contributed by atoms with van der Waals surface area (Å²) in [7, 11) is 0. The first-order chi connectivity index (χ1) is 16.6. The summed E-state index contributed by atoms with van der Waals surface area (Å²) in [6.07, 6.45) is 4.39. The molecule has 3 heterocycles. The van der Waals surface area contributed by atoms with Crippen molar-refractivity contribution in [3.8, 4) is 17.2 Å². The van der Waals surface area contributed by atoms with Crippen molar-refractivity contribution < 1.29 is 23.5 Å². The van der Waals surface area contributed by atoms with Crippen LogP contribution in [0.15, 0.2) is 22.6 Å². The van der Waals surface area contributed by atoms with Crippen LogP contribution in [0.3, 0.4) is 0 Å². The molecule has 10 nitrogen and oxygen atoms in total. The van der Waals surface area contributed by atoms with Gasteiger partial charge >= 0.3 is 12.1 Å². The van der Waals surface area contributed by atoms with Crippen molar-refractivity contribution in [3.05, 3.63) is 18.2 Å². The lowest BCUT2D eigenvalue weighted by Gasteiger charge is -2.33. The van der Waals surface area contributed by atoms with E-state index >= 15 is 0 Å². The van der Waals surface area contributed by atoms with Gasteiger partial charge in [0.25, 0.3) is 0 Å². The number of nitrogens with zero attached hydrogens (tertiary/aromatic N) is 4. The van der Waals surface area contributed by atoms with Gasteiger partial charge in [0, 0.05) is 18.7 Å². The molecule has 1 spiro atoms. The normalized spacial score (nSPS) is 19.5. The van der Waals surface area contributed by atoms with Gasteiger partial charge in [-0.3, -0.25) is 9.69 Å². The van der Waals surface area contributed by atoms with E-state index in [1.165, 1.54) is 12.8 Å². The van der Waals surface area contributed by atoms with E-state index < -0.39 is 17.7 Å². The van der Waals surface area contributed by atoms with Crippen molar-refractivity contribution in [1.29, 1.82) is 0 Å².